The van der Waals surface area contributed by atoms with Crippen LogP contribution in [-0.2, 0) is 14.3 Å². The first-order valence-corrected chi connectivity index (χ1v) is 7.66. The number of esters is 1. The first-order chi connectivity index (χ1) is 10.1. The van der Waals surface area contributed by atoms with Crippen LogP contribution >= 0.6 is 11.6 Å². The summed E-state index contributed by atoms with van der Waals surface area (Å²) in [5.74, 6) is -2.21. The van der Waals surface area contributed by atoms with Crippen LogP contribution in [0.3, 0.4) is 0 Å². The predicted molar refractivity (Wildman–Crippen MR) is 86.1 cm³/mol. The zero-order chi connectivity index (χ0) is 16.9. The summed E-state index contributed by atoms with van der Waals surface area (Å²) in [6, 6.07) is 7.30. The third-order valence-electron chi connectivity index (χ3n) is 3.26. The van der Waals surface area contributed by atoms with Gasteiger partial charge in [0.25, 0.3) is 0 Å². The molecule has 0 aromatic heterocycles. The molecule has 0 spiro atoms. The zero-order valence-electron chi connectivity index (χ0n) is 13.4. The lowest BCUT2D eigenvalue weighted by molar-refractivity contribution is -0.160. The van der Waals surface area contributed by atoms with E-state index in [0.717, 1.165) is 5.56 Å². The molecule has 0 amide bonds. The summed E-state index contributed by atoms with van der Waals surface area (Å²) in [6.45, 7) is 7.22. The lowest BCUT2D eigenvalue weighted by Crippen LogP contribution is -2.27. The Morgan fingerprint density at radius 2 is 1.77 bits per heavy atom. The quantitative estimate of drug-likeness (QED) is 0.793. The Morgan fingerprint density at radius 1 is 1.23 bits per heavy atom. The van der Waals surface area contributed by atoms with Gasteiger partial charge in [-0.05, 0) is 50.8 Å². The van der Waals surface area contributed by atoms with Crippen molar-refractivity contribution < 1.29 is 19.4 Å². The molecular formula is C17H23ClO4. The van der Waals surface area contributed by atoms with Crippen molar-refractivity contribution in [2.75, 3.05) is 0 Å². The fraction of sp³-hybridized carbons (Fsp3) is 0.529. The van der Waals surface area contributed by atoms with Gasteiger partial charge in [-0.2, -0.15) is 0 Å². The van der Waals surface area contributed by atoms with Gasteiger partial charge in [-0.3, -0.25) is 9.59 Å². The number of benzene rings is 1. The van der Waals surface area contributed by atoms with E-state index in [1.807, 2.05) is 19.1 Å². The normalized spacial score (nSPS) is 14.2. The second kappa shape index (κ2) is 7.63. The first-order valence-electron chi connectivity index (χ1n) is 7.28. The van der Waals surface area contributed by atoms with E-state index in [9.17, 15) is 14.7 Å². The molecule has 0 radical (unpaired) electrons. The van der Waals surface area contributed by atoms with Gasteiger partial charge in [0.05, 0.1) is 12.3 Å². The van der Waals surface area contributed by atoms with Crippen LogP contribution < -0.4 is 0 Å². The third kappa shape index (κ3) is 6.48. The Kier molecular flexibility index (Phi) is 6.42. The van der Waals surface area contributed by atoms with E-state index in [-0.39, 0.29) is 12.3 Å². The largest absolute Gasteiger partial charge is 0.481 e. The summed E-state index contributed by atoms with van der Waals surface area (Å²) in [6.07, 6.45) is 0.251. The Labute approximate surface area is 136 Å². The maximum atomic E-state index is 11.8. The van der Waals surface area contributed by atoms with Crippen molar-refractivity contribution in [2.24, 2.45) is 5.92 Å². The lowest BCUT2D eigenvalue weighted by atomic mass is 9.88. The van der Waals surface area contributed by atoms with E-state index in [0.29, 0.717) is 11.4 Å². The van der Waals surface area contributed by atoms with Crippen molar-refractivity contribution in [3.63, 3.8) is 0 Å². The van der Waals surface area contributed by atoms with Gasteiger partial charge in [-0.25, -0.2) is 0 Å². The summed E-state index contributed by atoms with van der Waals surface area (Å²) < 4.78 is 5.20. The summed E-state index contributed by atoms with van der Waals surface area (Å²) in [5.41, 5.74) is 0.391. The van der Waals surface area contributed by atoms with Gasteiger partial charge in [-0.15, -0.1) is 0 Å². The molecule has 122 valence electrons. The van der Waals surface area contributed by atoms with E-state index >= 15 is 0 Å². The van der Waals surface area contributed by atoms with Crippen LogP contribution in [0.2, 0.25) is 5.02 Å². The SMILES string of the molecule is CC(C[C@H](CC(=O)OC(C)(C)C)C(=O)O)c1ccc(Cl)cc1. The Balaban J connectivity index is 2.70. The number of rotatable bonds is 6. The summed E-state index contributed by atoms with van der Waals surface area (Å²) in [4.78, 5) is 23.2. The lowest BCUT2D eigenvalue weighted by Gasteiger charge is -2.22. The first kappa shape index (κ1) is 18.5. The molecule has 1 aromatic rings. The van der Waals surface area contributed by atoms with Crippen molar-refractivity contribution in [1.29, 1.82) is 0 Å². The molecule has 1 rings (SSSR count). The maximum Gasteiger partial charge on any atom is 0.307 e. The van der Waals surface area contributed by atoms with Crippen molar-refractivity contribution in [3.8, 4) is 0 Å². The van der Waals surface area contributed by atoms with E-state index in [2.05, 4.69) is 0 Å². The summed E-state index contributed by atoms with van der Waals surface area (Å²) in [7, 11) is 0. The number of carbonyl (C=O) groups excluding carboxylic acids is 1. The highest BCUT2D eigenvalue weighted by Gasteiger charge is 2.27. The van der Waals surface area contributed by atoms with Gasteiger partial charge < -0.3 is 9.84 Å². The molecule has 0 heterocycles. The van der Waals surface area contributed by atoms with E-state index in [1.54, 1.807) is 32.9 Å². The fourth-order valence-corrected chi connectivity index (χ4v) is 2.34. The average molecular weight is 327 g/mol. The molecule has 0 saturated carbocycles. The summed E-state index contributed by atoms with van der Waals surface area (Å²) in [5, 5.41) is 9.97. The number of carboxylic acid groups (broad SMARTS) is 1. The van der Waals surface area contributed by atoms with Crippen LogP contribution in [0.15, 0.2) is 24.3 Å². The number of carboxylic acids is 1. The monoisotopic (exact) mass is 326 g/mol. The molecule has 0 fully saturated rings. The molecular weight excluding hydrogens is 304 g/mol. The predicted octanol–water partition coefficient (Wildman–Crippen LogP) is 4.27. The number of aliphatic carboxylic acids is 1. The molecule has 0 aliphatic rings. The van der Waals surface area contributed by atoms with Gasteiger partial charge in [0.1, 0.15) is 5.60 Å². The molecule has 4 nitrogen and oxygen atoms in total. The van der Waals surface area contributed by atoms with Crippen LogP contribution in [0.25, 0.3) is 0 Å². The number of carbonyl (C=O) groups is 2. The molecule has 22 heavy (non-hydrogen) atoms. The van der Waals surface area contributed by atoms with Crippen LogP contribution in [0.4, 0.5) is 0 Å². The standard InChI is InChI=1S/C17H23ClO4/c1-11(12-5-7-14(18)8-6-12)9-13(16(20)21)10-15(19)22-17(2,3)4/h5-8,11,13H,9-10H2,1-4H3,(H,20,21)/t11?,13-/m1/s1. The second-order valence-electron chi connectivity index (χ2n) is 6.51. The zero-order valence-corrected chi connectivity index (χ0v) is 14.2. The summed E-state index contributed by atoms with van der Waals surface area (Å²) >= 11 is 5.85. The van der Waals surface area contributed by atoms with Crippen molar-refractivity contribution in [1.82, 2.24) is 0 Å². The smallest absolute Gasteiger partial charge is 0.307 e. The minimum atomic E-state index is -0.980. The Hall–Kier alpha value is -1.55. The Morgan fingerprint density at radius 3 is 2.23 bits per heavy atom. The molecule has 2 atom stereocenters. The molecule has 0 aliphatic carbocycles. The van der Waals surface area contributed by atoms with E-state index in [1.165, 1.54) is 0 Å². The highest BCUT2D eigenvalue weighted by atomic mass is 35.5. The Bertz CT molecular complexity index is 516. The molecule has 0 aliphatic heterocycles. The molecule has 0 bridgehead atoms. The minimum Gasteiger partial charge on any atom is -0.481 e. The number of hydrogen-bond donors (Lipinski definition) is 1. The van der Waals surface area contributed by atoms with Crippen LogP contribution in [0, 0.1) is 5.92 Å². The molecule has 0 saturated heterocycles. The highest BCUT2D eigenvalue weighted by molar-refractivity contribution is 6.30. The average Bonchev–Trinajstić information content (AvgIpc) is 2.36. The van der Waals surface area contributed by atoms with Crippen LogP contribution in [0.5, 0.6) is 0 Å². The van der Waals surface area contributed by atoms with Gasteiger partial charge >= 0.3 is 11.9 Å². The van der Waals surface area contributed by atoms with Gasteiger partial charge in [0.15, 0.2) is 0 Å². The third-order valence-corrected chi connectivity index (χ3v) is 3.51. The molecule has 1 aromatic carbocycles. The van der Waals surface area contributed by atoms with Crippen LogP contribution in [-0.4, -0.2) is 22.6 Å². The molecule has 5 heteroatoms. The molecule has 1 unspecified atom stereocenters. The van der Waals surface area contributed by atoms with E-state index in [4.69, 9.17) is 16.3 Å². The van der Waals surface area contributed by atoms with E-state index < -0.39 is 23.5 Å². The van der Waals surface area contributed by atoms with Crippen LogP contribution in [0.1, 0.15) is 52.0 Å². The van der Waals surface area contributed by atoms with Crippen molar-refractivity contribution in [3.05, 3.63) is 34.9 Å². The number of ether oxygens (including phenoxy) is 1. The van der Waals surface area contributed by atoms with Gasteiger partial charge in [0.2, 0.25) is 0 Å². The van der Waals surface area contributed by atoms with Gasteiger partial charge in [-0.1, -0.05) is 30.7 Å². The maximum absolute atomic E-state index is 11.8. The number of hydrogen-bond acceptors (Lipinski definition) is 3. The minimum absolute atomic E-state index is 0.0146. The fourth-order valence-electron chi connectivity index (χ4n) is 2.21. The second-order valence-corrected chi connectivity index (χ2v) is 6.95. The topological polar surface area (TPSA) is 63.6 Å². The van der Waals surface area contributed by atoms with Gasteiger partial charge in [0, 0.05) is 5.02 Å². The molecule has 1 N–H and O–H groups in total. The van der Waals surface area contributed by atoms with Crippen molar-refractivity contribution in [2.45, 2.75) is 52.1 Å². The number of halogens is 1. The highest BCUT2D eigenvalue weighted by Crippen LogP contribution is 2.27. The van der Waals surface area contributed by atoms with Crippen molar-refractivity contribution >= 4 is 23.5 Å².